The van der Waals surface area contributed by atoms with Gasteiger partial charge in [0.2, 0.25) is 0 Å². The average Bonchev–Trinajstić information content (AvgIpc) is 2.73. The van der Waals surface area contributed by atoms with Gasteiger partial charge in [-0.1, -0.05) is 48.5 Å². The van der Waals surface area contributed by atoms with Crippen LogP contribution in [0.1, 0.15) is 51.9 Å². The van der Waals surface area contributed by atoms with Crippen LogP contribution in [-0.2, 0) is 9.59 Å². The number of amides is 2. The van der Waals surface area contributed by atoms with E-state index in [4.69, 9.17) is 0 Å². The summed E-state index contributed by atoms with van der Waals surface area (Å²) in [7, 11) is 0. The van der Waals surface area contributed by atoms with Crippen molar-refractivity contribution in [2.24, 2.45) is 5.41 Å². The van der Waals surface area contributed by atoms with Crippen LogP contribution in [0.25, 0.3) is 0 Å². The van der Waals surface area contributed by atoms with Crippen molar-refractivity contribution in [3.8, 4) is 0 Å². The van der Waals surface area contributed by atoms with Crippen molar-refractivity contribution in [2.75, 3.05) is 31.5 Å². The van der Waals surface area contributed by atoms with Crippen molar-refractivity contribution < 1.29 is 9.59 Å². The predicted molar refractivity (Wildman–Crippen MR) is 87.4 cm³/mol. The van der Waals surface area contributed by atoms with E-state index in [1.165, 1.54) is 25.7 Å². The van der Waals surface area contributed by atoms with Crippen LogP contribution >= 0.6 is 15.9 Å². The molecule has 4 nitrogen and oxygen atoms in total. The zero-order chi connectivity index (χ0) is 15.3. The summed E-state index contributed by atoms with van der Waals surface area (Å²) >= 11 is 3.67. The minimum atomic E-state index is -0.304. The van der Waals surface area contributed by atoms with Gasteiger partial charge in [0.1, 0.15) is 0 Å². The number of alkyl halides is 1. The molecule has 1 saturated carbocycles. The number of nitrogens with zero attached hydrogens (tertiary/aromatic N) is 2. The Hall–Kier alpha value is -0.580. The van der Waals surface area contributed by atoms with E-state index in [1.54, 1.807) is 9.80 Å². The first kappa shape index (κ1) is 16.8. The second-order valence-corrected chi connectivity index (χ2v) is 7.13. The number of carbonyl (C=O) groups is 2. The summed E-state index contributed by atoms with van der Waals surface area (Å²) in [6, 6.07) is 0. The van der Waals surface area contributed by atoms with Crippen LogP contribution < -0.4 is 0 Å². The Bertz CT molecular complexity index is 378. The summed E-state index contributed by atoms with van der Waals surface area (Å²) in [6.45, 7) is 4.86. The molecule has 0 aromatic heterocycles. The maximum Gasteiger partial charge on any atom is 0.312 e. The maximum atomic E-state index is 12.3. The monoisotopic (exact) mass is 358 g/mol. The smallest absolute Gasteiger partial charge is 0.312 e. The maximum absolute atomic E-state index is 12.3. The average molecular weight is 359 g/mol. The highest BCUT2D eigenvalue weighted by Gasteiger charge is 2.38. The molecule has 5 heteroatoms. The van der Waals surface area contributed by atoms with E-state index in [0.29, 0.717) is 19.6 Å². The van der Waals surface area contributed by atoms with E-state index in [9.17, 15) is 9.59 Å². The van der Waals surface area contributed by atoms with Gasteiger partial charge in [-0.15, -0.1) is 0 Å². The first-order valence-electron chi connectivity index (χ1n) is 8.26. The summed E-state index contributed by atoms with van der Waals surface area (Å²) in [5.74, 6) is -0.597. The molecule has 0 aromatic rings. The van der Waals surface area contributed by atoms with Crippen LogP contribution in [0, 0.1) is 5.41 Å². The lowest BCUT2D eigenvalue weighted by Gasteiger charge is -2.40. The summed E-state index contributed by atoms with van der Waals surface area (Å²) in [5, 5.41) is 0.927. The zero-order valence-corrected chi connectivity index (χ0v) is 14.7. The zero-order valence-electron chi connectivity index (χ0n) is 13.1. The molecule has 1 saturated heterocycles. The van der Waals surface area contributed by atoms with Gasteiger partial charge < -0.3 is 9.80 Å². The van der Waals surface area contributed by atoms with E-state index in [0.717, 1.165) is 31.1 Å². The third-order valence-electron chi connectivity index (χ3n) is 4.86. The van der Waals surface area contributed by atoms with Crippen LogP contribution in [0.5, 0.6) is 0 Å². The molecule has 0 atom stereocenters. The van der Waals surface area contributed by atoms with Crippen LogP contribution in [0.4, 0.5) is 0 Å². The Labute approximate surface area is 136 Å². The highest BCUT2D eigenvalue weighted by molar-refractivity contribution is 9.09. The molecule has 0 N–H and O–H groups in total. The highest BCUT2D eigenvalue weighted by Crippen LogP contribution is 2.37. The van der Waals surface area contributed by atoms with E-state index in [2.05, 4.69) is 15.9 Å². The fraction of sp³-hybridized carbons (Fsp3) is 0.875. The SMILES string of the molecule is CCCN1CCN(CC2(CBr)CCCCCC2)C(=O)C1=O. The molecule has 2 rings (SSSR count). The highest BCUT2D eigenvalue weighted by atomic mass is 79.9. The van der Waals surface area contributed by atoms with Crippen LogP contribution in [0.15, 0.2) is 0 Å². The second-order valence-electron chi connectivity index (χ2n) is 6.57. The van der Waals surface area contributed by atoms with Gasteiger partial charge in [-0.2, -0.15) is 0 Å². The first-order valence-corrected chi connectivity index (χ1v) is 9.38. The molecule has 2 fully saturated rings. The van der Waals surface area contributed by atoms with E-state index < -0.39 is 0 Å². The molecule has 0 unspecified atom stereocenters. The van der Waals surface area contributed by atoms with Gasteiger partial charge in [-0.25, -0.2) is 0 Å². The van der Waals surface area contributed by atoms with Gasteiger partial charge >= 0.3 is 11.8 Å². The van der Waals surface area contributed by atoms with Crippen molar-refractivity contribution in [1.82, 2.24) is 9.80 Å². The van der Waals surface area contributed by atoms with Crippen molar-refractivity contribution in [2.45, 2.75) is 51.9 Å². The number of halogens is 1. The lowest BCUT2D eigenvalue weighted by Crippen LogP contribution is -2.56. The molecule has 120 valence electrons. The van der Waals surface area contributed by atoms with E-state index in [-0.39, 0.29) is 17.2 Å². The Balaban J connectivity index is 2.01. The van der Waals surface area contributed by atoms with Crippen molar-refractivity contribution in [3.63, 3.8) is 0 Å². The van der Waals surface area contributed by atoms with Crippen molar-refractivity contribution in [1.29, 1.82) is 0 Å². The third-order valence-corrected chi connectivity index (χ3v) is 6.05. The van der Waals surface area contributed by atoms with Gasteiger partial charge in [-0.3, -0.25) is 9.59 Å². The Morgan fingerprint density at radius 3 is 2.14 bits per heavy atom. The second kappa shape index (κ2) is 7.61. The molecule has 0 aromatic carbocycles. The predicted octanol–water partition coefficient (Wildman–Crippen LogP) is 2.80. The fourth-order valence-electron chi connectivity index (χ4n) is 3.57. The minimum absolute atomic E-state index is 0.166. The van der Waals surface area contributed by atoms with Crippen molar-refractivity contribution >= 4 is 27.7 Å². The van der Waals surface area contributed by atoms with Crippen molar-refractivity contribution in [3.05, 3.63) is 0 Å². The van der Waals surface area contributed by atoms with Gasteiger partial charge in [-0.05, 0) is 24.7 Å². The normalized spacial score (nSPS) is 23.3. The van der Waals surface area contributed by atoms with Gasteiger partial charge in [0.25, 0.3) is 0 Å². The van der Waals surface area contributed by atoms with Gasteiger partial charge in [0.05, 0.1) is 0 Å². The van der Waals surface area contributed by atoms with Gasteiger partial charge in [0.15, 0.2) is 0 Å². The quantitative estimate of drug-likeness (QED) is 0.430. The molecule has 1 aliphatic heterocycles. The minimum Gasteiger partial charge on any atom is -0.333 e. The summed E-state index contributed by atoms with van der Waals surface area (Å²) in [4.78, 5) is 28.0. The Morgan fingerprint density at radius 2 is 1.57 bits per heavy atom. The largest absolute Gasteiger partial charge is 0.333 e. The lowest BCUT2D eigenvalue weighted by atomic mass is 9.81. The molecular formula is C16H27BrN2O2. The molecule has 0 spiro atoms. The molecule has 2 aliphatic rings. The Morgan fingerprint density at radius 1 is 1.00 bits per heavy atom. The molecule has 1 aliphatic carbocycles. The molecule has 1 heterocycles. The number of piperazine rings is 1. The number of hydrogen-bond donors (Lipinski definition) is 0. The molecule has 0 bridgehead atoms. The van der Waals surface area contributed by atoms with Crippen LogP contribution in [-0.4, -0.2) is 53.1 Å². The fourth-order valence-corrected chi connectivity index (χ4v) is 4.30. The summed E-state index contributed by atoms with van der Waals surface area (Å²) in [6.07, 6.45) is 8.30. The molecule has 2 amide bonds. The van der Waals surface area contributed by atoms with Crippen LogP contribution in [0.3, 0.4) is 0 Å². The number of hydrogen-bond acceptors (Lipinski definition) is 2. The standard InChI is InChI=1S/C16H27BrN2O2/c1-2-9-18-10-11-19(15(21)14(18)20)13-16(12-17)7-5-3-4-6-8-16/h2-13H2,1H3. The number of carbonyl (C=O) groups excluding carboxylic acids is 2. The third kappa shape index (κ3) is 3.99. The molecule has 21 heavy (non-hydrogen) atoms. The topological polar surface area (TPSA) is 40.6 Å². The Kier molecular flexibility index (Phi) is 6.08. The van der Waals surface area contributed by atoms with Crippen LogP contribution in [0.2, 0.25) is 0 Å². The van der Waals surface area contributed by atoms with E-state index >= 15 is 0 Å². The molecular weight excluding hydrogens is 332 g/mol. The summed E-state index contributed by atoms with van der Waals surface area (Å²) < 4.78 is 0. The lowest BCUT2D eigenvalue weighted by molar-refractivity contribution is -0.157. The van der Waals surface area contributed by atoms with Gasteiger partial charge in [0, 0.05) is 31.5 Å². The summed E-state index contributed by atoms with van der Waals surface area (Å²) in [5.41, 5.74) is 0.166. The number of rotatable bonds is 5. The molecule has 0 radical (unpaired) electrons. The first-order chi connectivity index (χ1) is 10.1. The van der Waals surface area contributed by atoms with E-state index in [1.807, 2.05) is 6.92 Å².